The molecule has 1 aromatic rings. The highest BCUT2D eigenvalue weighted by Crippen LogP contribution is 2.48. The molecule has 3 heteroatoms. The second kappa shape index (κ2) is 6.29. The molecule has 1 aromatic carbocycles. The Morgan fingerprint density at radius 3 is 2.47 bits per heavy atom. The topological polar surface area (TPSA) is 30.5 Å². The van der Waals surface area contributed by atoms with Crippen LogP contribution in [0.15, 0.2) is 18.2 Å². The molecule has 3 nitrogen and oxygen atoms in total. The molecule has 0 saturated heterocycles. The lowest BCUT2D eigenvalue weighted by atomic mass is 10.0. The van der Waals surface area contributed by atoms with E-state index in [0.29, 0.717) is 5.41 Å². The van der Waals surface area contributed by atoms with Crippen LogP contribution < -0.4 is 14.8 Å². The maximum atomic E-state index is 5.32. The number of methoxy groups -OCH3 is 2. The van der Waals surface area contributed by atoms with E-state index >= 15 is 0 Å². The minimum Gasteiger partial charge on any atom is -0.493 e. The van der Waals surface area contributed by atoms with E-state index in [1.54, 1.807) is 14.2 Å². The van der Waals surface area contributed by atoms with Crippen molar-refractivity contribution in [2.24, 2.45) is 5.41 Å². The zero-order valence-electron chi connectivity index (χ0n) is 12.3. The smallest absolute Gasteiger partial charge is 0.161 e. The Morgan fingerprint density at radius 1 is 1.16 bits per heavy atom. The largest absolute Gasteiger partial charge is 0.493 e. The van der Waals surface area contributed by atoms with Gasteiger partial charge in [0.1, 0.15) is 0 Å². The first-order valence-electron chi connectivity index (χ1n) is 7.14. The van der Waals surface area contributed by atoms with Crippen molar-refractivity contribution in [3.63, 3.8) is 0 Å². The molecule has 0 aromatic heterocycles. The maximum Gasteiger partial charge on any atom is 0.161 e. The average molecular weight is 263 g/mol. The molecule has 0 radical (unpaired) electrons. The van der Waals surface area contributed by atoms with Crippen LogP contribution in [0, 0.1) is 5.41 Å². The third-order valence-corrected chi connectivity index (χ3v) is 4.01. The summed E-state index contributed by atoms with van der Waals surface area (Å²) in [5.41, 5.74) is 1.84. The zero-order chi connectivity index (χ0) is 13.7. The zero-order valence-corrected chi connectivity index (χ0v) is 12.3. The van der Waals surface area contributed by atoms with Crippen LogP contribution in [0.3, 0.4) is 0 Å². The normalized spacial score (nSPS) is 16.2. The first-order chi connectivity index (χ1) is 9.23. The Balaban J connectivity index is 1.86. The highest BCUT2D eigenvalue weighted by Gasteiger charge is 2.40. The molecule has 0 amide bonds. The lowest BCUT2D eigenvalue weighted by Crippen LogP contribution is -2.23. The summed E-state index contributed by atoms with van der Waals surface area (Å²) in [5, 5.41) is 3.58. The van der Waals surface area contributed by atoms with Crippen LogP contribution in [0.2, 0.25) is 0 Å². The number of nitrogens with one attached hydrogen (secondary N) is 1. The van der Waals surface area contributed by atoms with E-state index in [1.165, 1.54) is 31.2 Å². The van der Waals surface area contributed by atoms with Crippen LogP contribution in [0.25, 0.3) is 0 Å². The molecule has 1 aliphatic carbocycles. The van der Waals surface area contributed by atoms with E-state index in [-0.39, 0.29) is 0 Å². The van der Waals surface area contributed by atoms with Crippen LogP contribution in [0.1, 0.15) is 38.2 Å². The van der Waals surface area contributed by atoms with E-state index < -0.39 is 0 Å². The van der Waals surface area contributed by atoms with Crippen LogP contribution >= 0.6 is 0 Å². The summed E-state index contributed by atoms with van der Waals surface area (Å²) in [6.07, 6.45) is 5.42. The molecule has 1 aliphatic rings. The number of hydrogen-bond donors (Lipinski definition) is 1. The first kappa shape index (κ1) is 14.2. The number of benzene rings is 1. The van der Waals surface area contributed by atoms with Gasteiger partial charge in [-0.1, -0.05) is 19.4 Å². The molecule has 0 heterocycles. The van der Waals surface area contributed by atoms with Crippen molar-refractivity contribution in [1.82, 2.24) is 5.32 Å². The lowest BCUT2D eigenvalue weighted by molar-refractivity contribution is 0.354. The molecular formula is C16H25NO2. The SMILES string of the molecule is CCCC1(CNCc2ccc(OC)c(OC)c2)CC1. The van der Waals surface area contributed by atoms with E-state index in [9.17, 15) is 0 Å². The molecule has 0 atom stereocenters. The summed E-state index contributed by atoms with van der Waals surface area (Å²) in [6.45, 7) is 4.30. The maximum absolute atomic E-state index is 5.32. The van der Waals surface area contributed by atoms with Gasteiger partial charge in [0.2, 0.25) is 0 Å². The second-order valence-electron chi connectivity index (χ2n) is 5.54. The fourth-order valence-electron chi connectivity index (χ4n) is 2.68. The van der Waals surface area contributed by atoms with Crippen molar-refractivity contribution in [2.75, 3.05) is 20.8 Å². The molecule has 1 N–H and O–H groups in total. The summed E-state index contributed by atoms with van der Waals surface area (Å²) in [7, 11) is 3.34. The lowest BCUT2D eigenvalue weighted by Gasteiger charge is -2.15. The highest BCUT2D eigenvalue weighted by molar-refractivity contribution is 5.42. The van der Waals surface area contributed by atoms with Gasteiger partial charge < -0.3 is 14.8 Å². The third-order valence-electron chi connectivity index (χ3n) is 4.01. The molecular weight excluding hydrogens is 238 g/mol. The van der Waals surface area contributed by atoms with Gasteiger partial charge in [-0.25, -0.2) is 0 Å². The van der Waals surface area contributed by atoms with Gasteiger partial charge in [0, 0.05) is 13.1 Å². The molecule has 1 fully saturated rings. The number of hydrogen-bond acceptors (Lipinski definition) is 3. The predicted molar refractivity (Wildman–Crippen MR) is 77.8 cm³/mol. The van der Waals surface area contributed by atoms with Gasteiger partial charge >= 0.3 is 0 Å². The Kier molecular flexibility index (Phi) is 4.70. The van der Waals surface area contributed by atoms with Gasteiger partial charge in [0.25, 0.3) is 0 Å². The molecule has 0 spiro atoms. The fraction of sp³-hybridized carbons (Fsp3) is 0.625. The summed E-state index contributed by atoms with van der Waals surface area (Å²) in [4.78, 5) is 0. The van der Waals surface area contributed by atoms with Gasteiger partial charge in [-0.3, -0.25) is 0 Å². The monoisotopic (exact) mass is 263 g/mol. The highest BCUT2D eigenvalue weighted by atomic mass is 16.5. The molecule has 19 heavy (non-hydrogen) atoms. The predicted octanol–water partition coefficient (Wildman–Crippen LogP) is 3.37. The van der Waals surface area contributed by atoms with Crippen molar-refractivity contribution in [1.29, 1.82) is 0 Å². The van der Waals surface area contributed by atoms with Gasteiger partial charge in [-0.05, 0) is 42.4 Å². The Morgan fingerprint density at radius 2 is 1.89 bits per heavy atom. The molecule has 0 aliphatic heterocycles. The van der Waals surface area contributed by atoms with Crippen molar-refractivity contribution >= 4 is 0 Å². The Hall–Kier alpha value is -1.22. The van der Waals surface area contributed by atoms with Gasteiger partial charge in [-0.2, -0.15) is 0 Å². The van der Waals surface area contributed by atoms with Gasteiger partial charge in [0.05, 0.1) is 14.2 Å². The van der Waals surface area contributed by atoms with Crippen molar-refractivity contribution in [3.8, 4) is 11.5 Å². The first-order valence-corrected chi connectivity index (χ1v) is 7.14. The van der Waals surface area contributed by atoms with Gasteiger partial charge in [0.15, 0.2) is 11.5 Å². The fourth-order valence-corrected chi connectivity index (χ4v) is 2.68. The summed E-state index contributed by atoms with van der Waals surface area (Å²) in [5.74, 6) is 1.59. The van der Waals surface area contributed by atoms with Crippen molar-refractivity contribution < 1.29 is 9.47 Å². The quantitative estimate of drug-likeness (QED) is 0.780. The summed E-state index contributed by atoms with van der Waals surface area (Å²) < 4.78 is 10.6. The molecule has 106 valence electrons. The molecule has 2 rings (SSSR count). The van der Waals surface area contributed by atoms with Crippen LogP contribution in [0.5, 0.6) is 11.5 Å². The second-order valence-corrected chi connectivity index (χ2v) is 5.54. The van der Waals surface area contributed by atoms with Crippen LogP contribution in [-0.2, 0) is 6.54 Å². The minimum absolute atomic E-state index is 0.602. The Bertz CT molecular complexity index is 413. The molecule has 1 saturated carbocycles. The van der Waals surface area contributed by atoms with E-state index in [2.05, 4.69) is 18.3 Å². The number of rotatable bonds is 8. The average Bonchev–Trinajstić information content (AvgIpc) is 3.19. The van der Waals surface area contributed by atoms with E-state index in [4.69, 9.17) is 9.47 Å². The van der Waals surface area contributed by atoms with E-state index in [1.807, 2.05) is 12.1 Å². The Labute approximate surface area is 116 Å². The van der Waals surface area contributed by atoms with E-state index in [0.717, 1.165) is 24.6 Å². The molecule has 0 unspecified atom stereocenters. The van der Waals surface area contributed by atoms with Crippen molar-refractivity contribution in [3.05, 3.63) is 23.8 Å². The van der Waals surface area contributed by atoms with Crippen molar-refractivity contribution in [2.45, 2.75) is 39.2 Å². The summed E-state index contributed by atoms with van der Waals surface area (Å²) >= 11 is 0. The minimum atomic E-state index is 0.602. The van der Waals surface area contributed by atoms with Crippen LogP contribution in [-0.4, -0.2) is 20.8 Å². The number of ether oxygens (including phenoxy) is 2. The standard InChI is InChI=1S/C16H25NO2/c1-4-7-16(8-9-16)12-17-11-13-5-6-14(18-2)15(10-13)19-3/h5-6,10,17H,4,7-9,11-12H2,1-3H3. The third kappa shape index (κ3) is 3.63. The van der Waals surface area contributed by atoms with Gasteiger partial charge in [-0.15, -0.1) is 0 Å². The summed E-state index contributed by atoms with van der Waals surface area (Å²) in [6, 6.07) is 6.10. The van der Waals surface area contributed by atoms with Crippen LogP contribution in [0.4, 0.5) is 0 Å². The molecule has 0 bridgehead atoms.